The first kappa shape index (κ1) is 16.7. The van der Waals surface area contributed by atoms with Gasteiger partial charge in [0.1, 0.15) is 16.7 Å². The van der Waals surface area contributed by atoms with Crippen LogP contribution < -0.4 is 10.5 Å². The molecule has 6 nitrogen and oxygen atoms in total. The first-order valence-electron chi connectivity index (χ1n) is 7.10. The van der Waals surface area contributed by atoms with E-state index in [1.807, 2.05) is 18.2 Å². The predicted octanol–water partition coefficient (Wildman–Crippen LogP) is 3.48. The SMILES string of the molecule is CN(C(=N)N)C(=O)CC1c2cc(Br)ccc2Oc2cnc(Cl)cc21. The Morgan fingerprint density at radius 2 is 2.12 bits per heavy atom. The van der Waals surface area contributed by atoms with Gasteiger partial charge in [-0.3, -0.25) is 15.1 Å². The Hall–Kier alpha value is -2.12. The minimum atomic E-state index is -0.297. The van der Waals surface area contributed by atoms with Crippen molar-refractivity contribution in [3.63, 3.8) is 0 Å². The Balaban J connectivity index is 2.06. The van der Waals surface area contributed by atoms with Crippen LogP contribution in [0.15, 0.2) is 34.9 Å². The van der Waals surface area contributed by atoms with Crippen molar-refractivity contribution in [3.8, 4) is 11.5 Å². The van der Waals surface area contributed by atoms with Crippen LogP contribution in [-0.2, 0) is 4.79 Å². The summed E-state index contributed by atoms with van der Waals surface area (Å²) in [5.74, 6) is 0.403. The van der Waals surface area contributed by atoms with Gasteiger partial charge < -0.3 is 10.5 Å². The number of hydrogen-bond donors (Lipinski definition) is 2. The lowest BCUT2D eigenvalue weighted by molar-refractivity contribution is -0.126. The van der Waals surface area contributed by atoms with Crippen LogP contribution in [-0.4, -0.2) is 28.8 Å². The molecule has 0 saturated carbocycles. The van der Waals surface area contributed by atoms with Gasteiger partial charge in [-0.1, -0.05) is 27.5 Å². The molecule has 0 bridgehead atoms. The average molecular weight is 410 g/mol. The second kappa shape index (κ2) is 6.41. The van der Waals surface area contributed by atoms with Crippen molar-refractivity contribution in [3.05, 3.63) is 51.2 Å². The molecule has 124 valence electrons. The fourth-order valence-electron chi connectivity index (χ4n) is 2.63. The van der Waals surface area contributed by atoms with Crippen molar-refractivity contribution < 1.29 is 9.53 Å². The van der Waals surface area contributed by atoms with Crippen LogP contribution in [0.3, 0.4) is 0 Å². The zero-order chi connectivity index (χ0) is 17.4. The molecule has 1 aliphatic heterocycles. The molecule has 2 aromatic rings. The minimum Gasteiger partial charge on any atom is -0.455 e. The molecule has 1 atom stereocenters. The first-order valence-corrected chi connectivity index (χ1v) is 8.27. The highest BCUT2D eigenvalue weighted by molar-refractivity contribution is 9.10. The van der Waals surface area contributed by atoms with Crippen LogP contribution in [0.5, 0.6) is 11.5 Å². The molecular weight excluding hydrogens is 396 g/mol. The van der Waals surface area contributed by atoms with Crippen molar-refractivity contribution in [2.45, 2.75) is 12.3 Å². The van der Waals surface area contributed by atoms with Gasteiger partial charge in [-0.05, 0) is 24.3 Å². The number of fused-ring (bicyclic) bond motifs is 2. The van der Waals surface area contributed by atoms with Gasteiger partial charge in [0, 0.05) is 35.0 Å². The van der Waals surface area contributed by atoms with E-state index in [0.29, 0.717) is 16.7 Å². The van der Waals surface area contributed by atoms with Crippen molar-refractivity contribution in [1.82, 2.24) is 9.88 Å². The number of halogens is 2. The molecule has 2 heterocycles. The molecule has 1 aromatic carbocycles. The Bertz CT molecular complexity index is 791. The van der Waals surface area contributed by atoms with Crippen LogP contribution in [0, 0.1) is 5.41 Å². The van der Waals surface area contributed by atoms with Crippen molar-refractivity contribution in [1.29, 1.82) is 5.41 Å². The van der Waals surface area contributed by atoms with Gasteiger partial charge in [0.2, 0.25) is 5.91 Å². The first-order chi connectivity index (χ1) is 11.4. The third-order valence-electron chi connectivity index (χ3n) is 3.92. The van der Waals surface area contributed by atoms with Gasteiger partial charge in [-0.2, -0.15) is 0 Å². The third kappa shape index (κ3) is 3.09. The summed E-state index contributed by atoms with van der Waals surface area (Å²) in [5, 5.41) is 7.75. The highest BCUT2D eigenvalue weighted by atomic mass is 79.9. The minimum absolute atomic E-state index is 0.135. The number of pyridine rings is 1. The summed E-state index contributed by atoms with van der Waals surface area (Å²) in [7, 11) is 1.48. The highest BCUT2D eigenvalue weighted by Gasteiger charge is 2.31. The lowest BCUT2D eigenvalue weighted by Gasteiger charge is -2.29. The Morgan fingerprint density at radius 3 is 2.83 bits per heavy atom. The number of benzene rings is 1. The summed E-state index contributed by atoms with van der Waals surface area (Å²) >= 11 is 9.47. The van der Waals surface area contributed by atoms with E-state index >= 15 is 0 Å². The number of nitrogens with zero attached hydrogens (tertiary/aromatic N) is 2. The normalized spacial score (nSPS) is 15.0. The number of carbonyl (C=O) groups is 1. The van der Waals surface area contributed by atoms with E-state index < -0.39 is 0 Å². The molecule has 8 heteroatoms. The van der Waals surface area contributed by atoms with E-state index in [4.69, 9.17) is 27.5 Å². The van der Waals surface area contributed by atoms with E-state index in [2.05, 4.69) is 20.9 Å². The molecule has 0 aliphatic carbocycles. The summed E-state index contributed by atoms with van der Waals surface area (Å²) < 4.78 is 6.75. The molecule has 1 unspecified atom stereocenters. The topological polar surface area (TPSA) is 92.3 Å². The van der Waals surface area contributed by atoms with Crippen molar-refractivity contribution in [2.24, 2.45) is 5.73 Å². The number of aromatic nitrogens is 1. The van der Waals surface area contributed by atoms with Crippen molar-refractivity contribution >= 4 is 39.4 Å². The van der Waals surface area contributed by atoms with E-state index in [1.54, 1.807) is 12.3 Å². The fraction of sp³-hybridized carbons (Fsp3) is 0.188. The number of amides is 1. The lowest BCUT2D eigenvalue weighted by Crippen LogP contribution is -2.38. The summed E-state index contributed by atoms with van der Waals surface area (Å²) in [5.41, 5.74) is 7.05. The standard InChI is InChI=1S/C16H14BrClN4O2/c1-22(16(19)20)15(23)6-9-10-4-8(17)2-3-12(10)24-13-7-21-14(18)5-11(9)13/h2-5,7,9H,6H2,1H3,(H3,19,20). The molecule has 0 fully saturated rings. The van der Waals surface area contributed by atoms with Gasteiger partial charge in [-0.25, -0.2) is 4.98 Å². The van der Waals surface area contributed by atoms with Crippen LogP contribution in [0.4, 0.5) is 0 Å². The number of guanidine groups is 1. The Morgan fingerprint density at radius 1 is 1.42 bits per heavy atom. The van der Waals surface area contributed by atoms with Gasteiger partial charge in [0.05, 0.1) is 6.20 Å². The monoisotopic (exact) mass is 408 g/mol. The molecule has 24 heavy (non-hydrogen) atoms. The van der Waals surface area contributed by atoms with Gasteiger partial charge in [0.15, 0.2) is 5.96 Å². The largest absolute Gasteiger partial charge is 0.455 e. The van der Waals surface area contributed by atoms with Crippen LogP contribution in [0.25, 0.3) is 0 Å². The predicted molar refractivity (Wildman–Crippen MR) is 94.6 cm³/mol. The van der Waals surface area contributed by atoms with Crippen LogP contribution in [0.2, 0.25) is 5.15 Å². The summed E-state index contributed by atoms with van der Waals surface area (Å²) in [4.78, 5) is 17.6. The molecular formula is C16H14BrClN4O2. The van der Waals surface area contributed by atoms with E-state index in [1.165, 1.54) is 7.05 Å². The zero-order valence-corrected chi connectivity index (χ0v) is 15.1. The molecule has 3 rings (SSSR count). The molecule has 0 radical (unpaired) electrons. The van der Waals surface area contributed by atoms with E-state index in [-0.39, 0.29) is 24.2 Å². The lowest BCUT2D eigenvalue weighted by atomic mass is 9.86. The van der Waals surface area contributed by atoms with Crippen molar-refractivity contribution in [2.75, 3.05) is 7.05 Å². The molecule has 3 N–H and O–H groups in total. The van der Waals surface area contributed by atoms with Gasteiger partial charge in [0.25, 0.3) is 0 Å². The molecule has 1 amide bonds. The number of carbonyl (C=O) groups excluding carboxylic acids is 1. The second-order valence-corrected chi connectivity index (χ2v) is 6.73. The number of ether oxygens (including phenoxy) is 1. The number of nitrogens with two attached hydrogens (primary N) is 1. The number of rotatable bonds is 2. The highest BCUT2D eigenvalue weighted by Crippen LogP contribution is 2.46. The maximum Gasteiger partial charge on any atom is 0.229 e. The quantitative estimate of drug-likeness (QED) is 0.451. The van der Waals surface area contributed by atoms with E-state index in [9.17, 15) is 4.79 Å². The second-order valence-electron chi connectivity index (χ2n) is 5.42. The molecule has 0 saturated heterocycles. The van der Waals surface area contributed by atoms with E-state index in [0.717, 1.165) is 20.5 Å². The third-order valence-corrected chi connectivity index (χ3v) is 4.62. The Labute approximate surface area is 152 Å². The summed E-state index contributed by atoms with van der Waals surface area (Å²) in [6, 6.07) is 7.32. The zero-order valence-electron chi connectivity index (χ0n) is 12.7. The number of nitrogens with one attached hydrogen (secondary N) is 1. The molecule has 1 aliphatic rings. The van der Waals surface area contributed by atoms with Crippen LogP contribution in [0.1, 0.15) is 23.5 Å². The molecule has 1 aromatic heterocycles. The molecule has 0 spiro atoms. The number of hydrogen-bond acceptors (Lipinski definition) is 4. The Kier molecular flexibility index (Phi) is 4.47. The van der Waals surface area contributed by atoms with Crippen LogP contribution >= 0.6 is 27.5 Å². The summed E-state index contributed by atoms with van der Waals surface area (Å²) in [6.45, 7) is 0. The van der Waals surface area contributed by atoms with Gasteiger partial charge >= 0.3 is 0 Å². The fourth-order valence-corrected chi connectivity index (χ4v) is 3.17. The van der Waals surface area contributed by atoms with Gasteiger partial charge in [-0.15, -0.1) is 0 Å². The maximum absolute atomic E-state index is 12.4. The summed E-state index contributed by atoms with van der Waals surface area (Å²) in [6.07, 6.45) is 1.69. The smallest absolute Gasteiger partial charge is 0.229 e. The average Bonchev–Trinajstić information content (AvgIpc) is 2.54. The maximum atomic E-state index is 12.4.